The summed E-state index contributed by atoms with van der Waals surface area (Å²) >= 11 is 0. The van der Waals surface area contributed by atoms with E-state index >= 15 is 0 Å². The highest BCUT2D eigenvalue weighted by Gasteiger charge is 2.36. The average Bonchev–Trinajstić information content (AvgIpc) is 3.39. The lowest BCUT2D eigenvalue weighted by molar-refractivity contribution is -0.137. The number of nitrogens with one attached hydrogen (secondary N) is 1. The number of alkyl halides is 3. The molecule has 2 aliphatic heterocycles. The molecule has 1 unspecified atom stereocenters. The molecule has 178 valence electrons. The summed E-state index contributed by atoms with van der Waals surface area (Å²) in [5, 5.41) is 17.4. The number of rotatable bonds is 7. The zero-order valence-corrected chi connectivity index (χ0v) is 17.7. The van der Waals surface area contributed by atoms with Crippen LogP contribution in [0.15, 0.2) is 24.3 Å². The molecule has 1 fully saturated rings. The molecule has 8 nitrogen and oxygen atoms in total. The number of hydrogen-bond acceptors (Lipinski definition) is 6. The molecule has 3 aliphatic rings. The molecule has 33 heavy (non-hydrogen) atoms. The van der Waals surface area contributed by atoms with Crippen molar-refractivity contribution >= 4 is 5.91 Å². The van der Waals surface area contributed by atoms with E-state index in [2.05, 4.69) is 10.4 Å². The van der Waals surface area contributed by atoms with Crippen molar-refractivity contribution in [1.82, 2.24) is 15.1 Å². The maximum absolute atomic E-state index is 13.0. The van der Waals surface area contributed by atoms with Gasteiger partial charge in [0, 0.05) is 24.7 Å². The van der Waals surface area contributed by atoms with Crippen molar-refractivity contribution in [2.45, 2.75) is 50.2 Å². The molecule has 1 aromatic heterocycles. The van der Waals surface area contributed by atoms with Crippen molar-refractivity contribution < 1.29 is 37.3 Å². The van der Waals surface area contributed by atoms with E-state index in [1.165, 1.54) is 25.0 Å². The van der Waals surface area contributed by atoms with Crippen molar-refractivity contribution in [3.8, 4) is 11.6 Å². The molecule has 0 bridgehead atoms. The van der Waals surface area contributed by atoms with Gasteiger partial charge in [0.2, 0.25) is 5.88 Å². The molecule has 1 saturated carbocycles. The topological polar surface area (TPSA) is 94.8 Å². The van der Waals surface area contributed by atoms with E-state index in [9.17, 15) is 23.1 Å². The lowest BCUT2D eigenvalue weighted by Crippen LogP contribution is -2.45. The fraction of sp³-hybridized carbons (Fsp3) is 0.545. The van der Waals surface area contributed by atoms with Gasteiger partial charge >= 0.3 is 6.18 Å². The number of carbonyl (C=O) groups is 1. The van der Waals surface area contributed by atoms with Crippen LogP contribution in [0.2, 0.25) is 0 Å². The first kappa shape index (κ1) is 22.0. The highest BCUT2D eigenvalue weighted by Crippen LogP contribution is 2.38. The van der Waals surface area contributed by atoms with Crippen LogP contribution < -0.4 is 14.8 Å². The molecular formula is C22H24F3N3O5. The lowest BCUT2D eigenvalue weighted by Gasteiger charge is -2.31. The quantitative estimate of drug-likeness (QED) is 0.609. The first-order valence-electron chi connectivity index (χ1n) is 10.9. The molecule has 1 amide bonds. The van der Waals surface area contributed by atoms with Gasteiger partial charge in [-0.3, -0.25) is 4.79 Å². The van der Waals surface area contributed by atoms with E-state index in [1.54, 1.807) is 4.68 Å². The molecule has 0 saturated heterocycles. The molecule has 11 heteroatoms. The van der Waals surface area contributed by atoms with Gasteiger partial charge in [0.15, 0.2) is 5.69 Å². The monoisotopic (exact) mass is 467 g/mol. The Balaban J connectivity index is 1.17. The summed E-state index contributed by atoms with van der Waals surface area (Å²) in [7, 11) is 0. The Hall–Kier alpha value is -2.79. The number of nitrogens with zero attached hydrogens (tertiary/aromatic N) is 2. The minimum Gasteiger partial charge on any atom is -0.491 e. The number of ether oxygens (including phenoxy) is 3. The molecule has 5 rings (SSSR count). The number of hydrogen-bond donors (Lipinski definition) is 2. The van der Waals surface area contributed by atoms with E-state index in [0.29, 0.717) is 24.9 Å². The number of benzene rings is 1. The van der Waals surface area contributed by atoms with Gasteiger partial charge in [-0.05, 0) is 37.0 Å². The third-order valence-corrected chi connectivity index (χ3v) is 6.05. The van der Waals surface area contributed by atoms with Crippen LogP contribution in [0.3, 0.4) is 0 Å². The summed E-state index contributed by atoms with van der Waals surface area (Å²) < 4.78 is 57.6. The minimum atomic E-state index is -4.55. The highest BCUT2D eigenvalue weighted by atomic mass is 19.4. The van der Waals surface area contributed by atoms with Gasteiger partial charge in [0.05, 0.1) is 24.8 Å². The fourth-order valence-corrected chi connectivity index (χ4v) is 3.97. The van der Waals surface area contributed by atoms with E-state index < -0.39 is 29.8 Å². The third-order valence-electron chi connectivity index (χ3n) is 6.05. The van der Waals surface area contributed by atoms with Gasteiger partial charge in [0.25, 0.3) is 5.91 Å². The summed E-state index contributed by atoms with van der Waals surface area (Å²) in [4.78, 5) is 12.7. The van der Waals surface area contributed by atoms with Gasteiger partial charge in [0.1, 0.15) is 24.6 Å². The zero-order chi connectivity index (χ0) is 23.2. The normalized spacial score (nSPS) is 23.9. The predicted molar refractivity (Wildman–Crippen MR) is 108 cm³/mol. The van der Waals surface area contributed by atoms with Gasteiger partial charge < -0.3 is 24.6 Å². The van der Waals surface area contributed by atoms with Crippen molar-refractivity contribution in [3.63, 3.8) is 0 Å². The molecule has 2 aromatic rings. The maximum atomic E-state index is 13.0. The van der Waals surface area contributed by atoms with E-state index in [-0.39, 0.29) is 29.7 Å². The molecule has 3 heterocycles. The number of aliphatic hydroxyl groups is 1. The van der Waals surface area contributed by atoms with E-state index in [1.807, 2.05) is 0 Å². The van der Waals surface area contributed by atoms with Crippen LogP contribution in [0.25, 0.3) is 0 Å². The standard InChI is InChI=1S/C22H24F3N3O5/c23-22(24,25)13-3-4-18-15(7-13)20(29)17(11-32-18)26-21(30)16-8-19-28(27-16)9-14(33-19)5-6-31-10-12-1-2-12/h3-4,7-8,12,14,17,20,29H,1-2,5-6,9-11H2,(H,26,30)/t14-,17+,20?/m1/s1. The third kappa shape index (κ3) is 4.79. The van der Waals surface area contributed by atoms with E-state index in [0.717, 1.165) is 25.2 Å². The summed E-state index contributed by atoms with van der Waals surface area (Å²) in [5.74, 6) is 0.752. The van der Waals surface area contributed by atoms with Crippen LogP contribution in [-0.4, -0.2) is 52.8 Å². The van der Waals surface area contributed by atoms with Gasteiger partial charge in [-0.15, -0.1) is 0 Å². The Kier molecular flexibility index (Phi) is 5.69. The average molecular weight is 467 g/mol. The number of carbonyl (C=O) groups excluding carboxylic acids is 1. The molecule has 0 radical (unpaired) electrons. The molecule has 2 N–H and O–H groups in total. The first-order chi connectivity index (χ1) is 15.8. The summed E-state index contributed by atoms with van der Waals surface area (Å²) in [6.45, 7) is 1.81. The number of amides is 1. The van der Waals surface area contributed by atoms with E-state index in [4.69, 9.17) is 14.2 Å². The molecule has 0 spiro atoms. The zero-order valence-electron chi connectivity index (χ0n) is 17.7. The minimum absolute atomic E-state index is 0.0243. The molecule has 1 aliphatic carbocycles. The number of halogens is 3. The smallest absolute Gasteiger partial charge is 0.416 e. The Morgan fingerprint density at radius 2 is 2.12 bits per heavy atom. The Labute approximate surface area is 187 Å². The molecule has 3 atom stereocenters. The van der Waals surface area contributed by atoms with Crippen molar-refractivity contribution in [1.29, 1.82) is 0 Å². The van der Waals surface area contributed by atoms with Crippen LogP contribution in [0.1, 0.15) is 47.0 Å². The van der Waals surface area contributed by atoms with Crippen molar-refractivity contribution in [2.75, 3.05) is 19.8 Å². The van der Waals surface area contributed by atoms with Crippen LogP contribution in [0, 0.1) is 5.92 Å². The SMILES string of the molecule is O=C(N[C@H]1COc2ccc(C(F)(F)F)cc2C1O)c1cc2n(n1)C[C@@H](CCOCC1CC1)O2. The summed E-state index contributed by atoms with van der Waals surface area (Å²) in [6, 6.07) is 3.48. The van der Waals surface area contributed by atoms with Gasteiger partial charge in [-0.25, -0.2) is 4.68 Å². The van der Waals surface area contributed by atoms with Crippen LogP contribution in [0.4, 0.5) is 13.2 Å². The van der Waals surface area contributed by atoms with Crippen LogP contribution in [0.5, 0.6) is 11.6 Å². The molecule has 1 aromatic carbocycles. The van der Waals surface area contributed by atoms with Crippen LogP contribution in [-0.2, 0) is 17.5 Å². The van der Waals surface area contributed by atoms with Gasteiger partial charge in [-0.1, -0.05) is 0 Å². The predicted octanol–water partition coefficient (Wildman–Crippen LogP) is 2.70. The highest BCUT2D eigenvalue weighted by molar-refractivity contribution is 5.92. The lowest BCUT2D eigenvalue weighted by atomic mass is 9.97. The Morgan fingerprint density at radius 3 is 2.85 bits per heavy atom. The second-order valence-electron chi connectivity index (χ2n) is 8.68. The Morgan fingerprint density at radius 1 is 1.30 bits per heavy atom. The molecular weight excluding hydrogens is 443 g/mol. The number of aliphatic hydroxyl groups excluding tert-OH is 1. The summed E-state index contributed by atoms with van der Waals surface area (Å²) in [5.41, 5.74) is -0.828. The Bertz CT molecular complexity index is 1010. The number of fused-ring (bicyclic) bond motifs is 2. The van der Waals surface area contributed by atoms with Crippen molar-refractivity contribution in [3.05, 3.63) is 41.1 Å². The number of aromatic nitrogens is 2. The fourth-order valence-electron chi connectivity index (χ4n) is 3.97. The first-order valence-corrected chi connectivity index (χ1v) is 10.9. The van der Waals surface area contributed by atoms with Crippen molar-refractivity contribution in [2.24, 2.45) is 5.92 Å². The largest absolute Gasteiger partial charge is 0.491 e. The van der Waals surface area contributed by atoms with Gasteiger partial charge in [-0.2, -0.15) is 18.3 Å². The van der Waals surface area contributed by atoms with Crippen LogP contribution >= 0.6 is 0 Å². The maximum Gasteiger partial charge on any atom is 0.416 e. The second-order valence-corrected chi connectivity index (χ2v) is 8.68. The second kappa shape index (κ2) is 8.53. The summed E-state index contributed by atoms with van der Waals surface area (Å²) in [6.07, 6.45) is -2.77.